The van der Waals surface area contributed by atoms with Gasteiger partial charge in [-0.25, -0.2) is 19.0 Å². The number of halogens is 4. The van der Waals surface area contributed by atoms with Gasteiger partial charge in [-0.3, -0.25) is 5.01 Å². The maximum absolute atomic E-state index is 13.7. The van der Waals surface area contributed by atoms with E-state index in [0.717, 1.165) is 11.1 Å². The molecule has 0 aliphatic carbocycles. The number of nitrogens with zero attached hydrogens (tertiary/aromatic N) is 1. The van der Waals surface area contributed by atoms with E-state index in [0.29, 0.717) is 3.57 Å². The van der Waals surface area contributed by atoms with Gasteiger partial charge in [-0.05, 0) is 52.9 Å². The fraction of sp³-hybridized carbons (Fsp3) is 0. The van der Waals surface area contributed by atoms with Crippen LogP contribution < -0.4 is 10.9 Å². The summed E-state index contributed by atoms with van der Waals surface area (Å²) in [4.78, 5) is 0. The van der Waals surface area contributed by atoms with Gasteiger partial charge in [0.25, 0.3) is 0 Å². The van der Waals surface area contributed by atoms with Crippen LogP contribution >= 0.6 is 22.6 Å². The molecule has 0 aromatic heterocycles. The highest BCUT2D eigenvalue weighted by atomic mass is 127. The van der Waals surface area contributed by atoms with Crippen LogP contribution in [0.3, 0.4) is 0 Å². The lowest BCUT2D eigenvalue weighted by Gasteiger charge is -2.19. The second kappa shape index (κ2) is 5.15. The van der Waals surface area contributed by atoms with E-state index in [2.05, 4.69) is 6.07 Å². The summed E-state index contributed by atoms with van der Waals surface area (Å²) in [6, 6.07) is 8.76. The van der Waals surface area contributed by atoms with Gasteiger partial charge in [0.2, 0.25) is 0 Å². The summed E-state index contributed by atoms with van der Waals surface area (Å²) in [6.07, 6.45) is 0. The van der Waals surface area contributed by atoms with Crippen LogP contribution in [0.2, 0.25) is 0 Å². The van der Waals surface area contributed by atoms with Crippen molar-refractivity contribution in [1.29, 1.82) is 0 Å². The molecule has 0 saturated carbocycles. The summed E-state index contributed by atoms with van der Waals surface area (Å²) in [6.45, 7) is 0. The Morgan fingerprint density at radius 2 is 1.83 bits per heavy atom. The monoisotopic (exact) mass is 363 g/mol. The number of rotatable bonds is 2. The highest BCUT2D eigenvalue weighted by molar-refractivity contribution is 14.1. The molecule has 93 valence electrons. The largest absolute Gasteiger partial charge is 0.273 e. The smallest absolute Gasteiger partial charge is 0.184 e. The third kappa shape index (κ3) is 2.44. The van der Waals surface area contributed by atoms with Gasteiger partial charge in [-0.2, -0.15) is 0 Å². The van der Waals surface area contributed by atoms with Crippen LogP contribution in [0.15, 0.2) is 30.3 Å². The first-order chi connectivity index (χ1) is 8.50. The van der Waals surface area contributed by atoms with Gasteiger partial charge in [-0.15, -0.1) is 0 Å². The van der Waals surface area contributed by atoms with Crippen LogP contribution in [0.4, 0.5) is 24.5 Å². The Kier molecular flexibility index (Phi) is 3.76. The summed E-state index contributed by atoms with van der Waals surface area (Å²) in [5.74, 6) is 2.73. The lowest BCUT2D eigenvalue weighted by molar-refractivity contribution is 0.508. The minimum atomic E-state index is -1.17. The van der Waals surface area contributed by atoms with Gasteiger partial charge in [0, 0.05) is 9.64 Å². The van der Waals surface area contributed by atoms with Crippen LogP contribution in [-0.2, 0) is 0 Å². The second-order valence-corrected chi connectivity index (χ2v) is 4.70. The molecule has 2 nitrogen and oxygen atoms in total. The average molecular weight is 363 g/mol. The van der Waals surface area contributed by atoms with E-state index in [-0.39, 0.29) is 11.4 Å². The molecule has 1 radical (unpaired) electrons. The molecule has 2 rings (SSSR count). The molecule has 0 fully saturated rings. The molecular formula is C12H7F3IN2. The van der Waals surface area contributed by atoms with Crippen molar-refractivity contribution >= 4 is 34.0 Å². The van der Waals surface area contributed by atoms with Crippen LogP contribution in [-0.4, -0.2) is 0 Å². The minimum absolute atomic E-state index is 0.0591. The van der Waals surface area contributed by atoms with E-state index in [1.807, 2.05) is 22.6 Å². The van der Waals surface area contributed by atoms with Crippen molar-refractivity contribution in [3.63, 3.8) is 0 Å². The number of anilines is 2. The molecule has 2 aromatic rings. The molecule has 0 atom stereocenters. The van der Waals surface area contributed by atoms with Gasteiger partial charge >= 0.3 is 0 Å². The first-order valence-corrected chi connectivity index (χ1v) is 5.94. The fourth-order valence-electron chi connectivity index (χ4n) is 1.42. The average Bonchev–Trinajstić information content (AvgIpc) is 2.32. The van der Waals surface area contributed by atoms with Crippen LogP contribution in [0.5, 0.6) is 0 Å². The first-order valence-electron chi connectivity index (χ1n) is 4.86. The molecule has 0 unspecified atom stereocenters. The van der Waals surface area contributed by atoms with Gasteiger partial charge in [-0.1, -0.05) is 0 Å². The number of benzene rings is 2. The van der Waals surface area contributed by atoms with Crippen molar-refractivity contribution in [2.45, 2.75) is 0 Å². The summed E-state index contributed by atoms with van der Waals surface area (Å²) in [5, 5.41) is 0.726. The second-order valence-electron chi connectivity index (χ2n) is 3.45. The lowest BCUT2D eigenvalue weighted by atomic mass is 10.2. The predicted molar refractivity (Wildman–Crippen MR) is 70.6 cm³/mol. The third-order valence-corrected chi connectivity index (χ3v) is 2.95. The minimum Gasteiger partial charge on any atom is -0.273 e. The fourth-order valence-corrected chi connectivity index (χ4v) is 1.87. The molecule has 0 bridgehead atoms. The van der Waals surface area contributed by atoms with Crippen molar-refractivity contribution in [1.82, 2.24) is 0 Å². The van der Waals surface area contributed by atoms with E-state index in [9.17, 15) is 13.2 Å². The molecule has 0 spiro atoms. The van der Waals surface area contributed by atoms with Crippen LogP contribution in [0.25, 0.3) is 0 Å². The molecular weight excluding hydrogens is 356 g/mol. The molecule has 2 aromatic carbocycles. The predicted octanol–water partition coefficient (Wildman–Crippen LogP) is 3.52. The van der Waals surface area contributed by atoms with E-state index < -0.39 is 17.5 Å². The number of hydrogen-bond donors (Lipinski definition) is 1. The Labute approximate surface area is 115 Å². The molecule has 0 heterocycles. The summed E-state index contributed by atoms with van der Waals surface area (Å²) >= 11 is 1.93. The van der Waals surface area contributed by atoms with E-state index in [1.165, 1.54) is 18.2 Å². The molecule has 18 heavy (non-hydrogen) atoms. The van der Waals surface area contributed by atoms with E-state index in [4.69, 9.17) is 5.84 Å². The summed E-state index contributed by atoms with van der Waals surface area (Å²) in [5.41, 5.74) is -0.411. The maximum atomic E-state index is 13.7. The zero-order chi connectivity index (χ0) is 13.3. The Bertz CT molecular complexity index is 590. The Morgan fingerprint density at radius 1 is 1.11 bits per heavy atom. The molecule has 0 aliphatic heterocycles. The topological polar surface area (TPSA) is 29.3 Å². The molecule has 0 saturated heterocycles. The highest BCUT2D eigenvalue weighted by Crippen LogP contribution is 2.28. The Balaban J connectivity index is 2.48. The van der Waals surface area contributed by atoms with Gasteiger partial charge in [0.05, 0.1) is 5.69 Å². The van der Waals surface area contributed by atoms with Gasteiger partial charge in [0.1, 0.15) is 11.5 Å². The summed E-state index contributed by atoms with van der Waals surface area (Å²) in [7, 11) is 0. The molecule has 0 amide bonds. The number of nitrogens with two attached hydrogens (primary N) is 1. The number of hydrazine groups is 1. The zero-order valence-electron chi connectivity index (χ0n) is 8.92. The van der Waals surface area contributed by atoms with Crippen molar-refractivity contribution in [3.8, 4) is 0 Å². The van der Waals surface area contributed by atoms with Crippen LogP contribution in [0.1, 0.15) is 0 Å². The summed E-state index contributed by atoms with van der Waals surface area (Å²) < 4.78 is 40.9. The quantitative estimate of drug-likeness (QED) is 0.503. The van der Waals surface area contributed by atoms with E-state index >= 15 is 0 Å². The normalized spacial score (nSPS) is 10.5. The lowest BCUT2D eigenvalue weighted by Crippen LogP contribution is -2.27. The Hall–Kier alpha value is -1.28. The van der Waals surface area contributed by atoms with Crippen molar-refractivity contribution < 1.29 is 13.2 Å². The highest BCUT2D eigenvalue weighted by Gasteiger charge is 2.16. The molecule has 6 heteroatoms. The van der Waals surface area contributed by atoms with E-state index in [1.54, 1.807) is 6.07 Å². The van der Waals surface area contributed by atoms with Crippen molar-refractivity contribution in [2.75, 3.05) is 5.01 Å². The number of hydrogen-bond acceptors (Lipinski definition) is 2. The van der Waals surface area contributed by atoms with Crippen LogP contribution in [0, 0.1) is 27.1 Å². The molecule has 0 aliphatic rings. The maximum Gasteiger partial charge on any atom is 0.184 e. The van der Waals surface area contributed by atoms with Crippen molar-refractivity contribution in [2.24, 2.45) is 5.84 Å². The van der Waals surface area contributed by atoms with Gasteiger partial charge in [0.15, 0.2) is 11.6 Å². The first kappa shape index (κ1) is 13.2. The third-order valence-electron chi connectivity index (χ3n) is 2.28. The Morgan fingerprint density at radius 3 is 2.50 bits per heavy atom. The standard InChI is InChI=1S/C12H7F3IN2/c13-8-2-1-3-11(12(8)15)18(17)10-5-4-7(16)6-9(10)14/h1-2,4-6H,17H2. The van der Waals surface area contributed by atoms with Gasteiger partial charge < -0.3 is 0 Å². The SMILES string of the molecule is NN(c1[c]ccc(F)c1F)c1ccc(I)cc1F. The zero-order valence-corrected chi connectivity index (χ0v) is 11.1. The van der Waals surface area contributed by atoms with Crippen molar-refractivity contribution in [3.05, 3.63) is 57.4 Å². The molecule has 2 N–H and O–H groups in total.